The number of aromatic carboxylic acids is 2. The van der Waals surface area contributed by atoms with Gasteiger partial charge in [0.15, 0.2) is 0 Å². The molecule has 9 rings (SSSR count). The number of carbonyl (C=O) groups is 2. The molecule has 8 fully saturated rings. The van der Waals surface area contributed by atoms with E-state index in [2.05, 4.69) is 27.7 Å². The second-order valence-electron chi connectivity index (χ2n) is 16.3. The van der Waals surface area contributed by atoms with Crippen molar-refractivity contribution in [2.24, 2.45) is 33.5 Å². The first-order valence-electron chi connectivity index (χ1n) is 14.3. The van der Waals surface area contributed by atoms with E-state index in [9.17, 15) is 19.8 Å². The fourth-order valence-electron chi connectivity index (χ4n) is 13.5. The predicted molar refractivity (Wildman–Crippen MR) is 139 cm³/mol. The molecule has 0 aromatic heterocycles. The van der Waals surface area contributed by atoms with E-state index in [0.717, 1.165) is 49.7 Å². The lowest BCUT2D eigenvalue weighted by atomic mass is 9.36. The average Bonchev–Trinajstić information content (AvgIpc) is 2.67. The van der Waals surface area contributed by atoms with Gasteiger partial charge in [-0.2, -0.15) is 0 Å². The maximum atomic E-state index is 12.9. The second kappa shape index (κ2) is 6.59. The van der Waals surface area contributed by atoms with Crippen molar-refractivity contribution in [2.45, 2.75) is 116 Å². The first kappa shape index (κ1) is 23.3. The van der Waals surface area contributed by atoms with Crippen LogP contribution in [0.3, 0.4) is 0 Å². The molecule has 4 nitrogen and oxygen atoms in total. The molecule has 8 aliphatic rings. The van der Waals surface area contributed by atoms with Gasteiger partial charge in [0.1, 0.15) is 0 Å². The summed E-state index contributed by atoms with van der Waals surface area (Å²) in [6.07, 6.45) is 13.5. The minimum absolute atomic E-state index is 0.220. The van der Waals surface area contributed by atoms with Crippen LogP contribution >= 0.6 is 0 Å². The molecule has 4 unspecified atom stereocenters. The van der Waals surface area contributed by atoms with Gasteiger partial charge >= 0.3 is 11.9 Å². The Kier molecular flexibility index (Phi) is 4.26. The molecule has 0 radical (unpaired) electrons. The Labute approximate surface area is 215 Å². The van der Waals surface area contributed by atoms with Crippen molar-refractivity contribution in [3.63, 3.8) is 0 Å². The van der Waals surface area contributed by atoms with Gasteiger partial charge in [0, 0.05) is 0 Å². The number of benzene rings is 1. The number of hydrogen-bond acceptors (Lipinski definition) is 2. The summed E-state index contributed by atoms with van der Waals surface area (Å²) >= 11 is 0. The first-order chi connectivity index (χ1) is 16.7. The summed E-state index contributed by atoms with van der Waals surface area (Å²) in [7, 11) is 0. The lowest BCUT2D eigenvalue weighted by Gasteiger charge is -2.68. The van der Waals surface area contributed by atoms with E-state index in [0.29, 0.717) is 23.0 Å². The summed E-state index contributed by atoms with van der Waals surface area (Å²) in [5, 5.41) is 21.2. The predicted octanol–water partition coefficient (Wildman–Crippen LogP) is 7.58. The quantitative estimate of drug-likeness (QED) is 0.456. The van der Waals surface area contributed by atoms with E-state index in [1.807, 2.05) is 0 Å². The summed E-state index contributed by atoms with van der Waals surface area (Å²) in [6.45, 7) is 9.72. The average molecular weight is 491 g/mol. The number of carboxylic acids is 2. The van der Waals surface area contributed by atoms with Gasteiger partial charge in [0.2, 0.25) is 0 Å². The van der Waals surface area contributed by atoms with E-state index >= 15 is 0 Å². The molecule has 194 valence electrons. The zero-order valence-corrected chi connectivity index (χ0v) is 22.5. The summed E-state index contributed by atoms with van der Waals surface area (Å²) in [4.78, 5) is 25.8. The largest absolute Gasteiger partial charge is 0.478 e. The highest BCUT2D eigenvalue weighted by Crippen LogP contribution is 2.74. The smallest absolute Gasteiger partial charge is 0.335 e. The minimum Gasteiger partial charge on any atom is -0.478 e. The van der Waals surface area contributed by atoms with Crippen LogP contribution in [-0.2, 0) is 10.8 Å². The Morgan fingerprint density at radius 3 is 1.14 bits per heavy atom. The normalized spacial score (nSPS) is 50.0. The van der Waals surface area contributed by atoms with E-state index < -0.39 is 11.9 Å². The number of carboxylic acid groups (broad SMARTS) is 2. The highest BCUT2D eigenvalue weighted by Gasteiger charge is 2.65. The summed E-state index contributed by atoms with van der Waals surface area (Å²) in [5.41, 5.74) is 3.17. The van der Waals surface area contributed by atoms with Gasteiger partial charge in [-0.3, -0.25) is 0 Å². The summed E-state index contributed by atoms with van der Waals surface area (Å²) in [5.74, 6) is -0.524. The van der Waals surface area contributed by atoms with Gasteiger partial charge in [-0.05, 0) is 145 Å². The lowest BCUT2D eigenvalue weighted by Crippen LogP contribution is -2.60. The number of hydrogen-bond donors (Lipinski definition) is 2. The van der Waals surface area contributed by atoms with Crippen LogP contribution in [0.2, 0.25) is 0 Å². The third-order valence-electron chi connectivity index (χ3n) is 12.0. The molecular weight excluding hydrogens is 448 g/mol. The van der Waals surface area contributed by atoms with Crippen molar-refractivity contribution in [1.82, 2.24) is 0 Å². The van der Waals surface area contributed by atoms with Gasteiger partial charge < -0.3 is 10.2 Å². The van der Waals surface area contributed by atoms with Gasteiger partial charge in [-0.15, -0.1) is 0 Å². The molecule has 0 aliphatic heterocycles. The Morgan fingerprint density at radius 2 is 0.889 bits per heavy atom. The molecule has 0 heterocycles. The highest BCUT2D eigenvalue weighted by molar-refractivity contribution is 5.96. The Hall–Kier alpha value is -1.84. The third kappa shape index (κ3) is 3.05. The Bertz CT molecular complexity index is 1080. The van der Waals surface area contributed by atoms with Crippen molar-refractivity contribution in [1.29, 1.82) is 0 Å². The Balaban J connectivity index is 1.53. The van der Waals surface area contributed by atoms with Gasteiger partial charge in [0.05, 0.1) is 11.1 Å². The van der Waals surface area contributed by atoms with Crippen molar-refractivity contribution in [2.75, 3.05) is 0 Å². The molecule has 36 heavy (non-hydrogen) atoms. The van der Waals surface area contributed by atoms with Crippen LogP contribution in [0.1, 0.15) is 137 Å². The molecule has 4 atom stereocenters. The fraction of sp³-hybridized carbons (Fsp3) is 0.750. The van der Waals surface area contributed by atoms with E-state index in [-0.39, 0.29) is 32.5 Å². The van der Waals surface area contributed by atoms with Gasteiger partial charge in [-0.25, -0.2) is 9.59 Å². The summed E-state index contributed by atoms with van der Waals surface area (Å²) in [6, 6.07) is 3.30. The number of rotatable bonds is 4. The van der Waals surface area contributed by atoms with Crippen LogP contribution in [0.25, 0.3) is 0 Å². The maximum absolute atomic E-state index is 12.9. The van der Waals surface area contributed by atoms with Crippen LogP contribution in [0.4, 0.5) is 0 Å². The van der Waals surface area contributed by atoms with Crippen molar-refractivity contribution >= 4 is 11.9 Å². The van der Waals surface area contributed by atoms with Crippen molar-refractivity contribution < 1.29 is 19.8 Å². The monoisotopic (exact) mass is 490 g/mol. The molecule has 1 aromatic carbocycles. The topological polar surface area (TPSA) is 74.6 Å². The molecule has 0 amide bonds. The molecule has 4 heteroatoms. The van der Waals surface area contributed by atoms with E-state index in [4.69, 9.17) is 0 Å². The molecule has 8 aliphatic carbocycles. The SMILES string of the molecule is CC12CC3CC(C)(C1)CC(c1c(C(=O)O)ccc(C(=O)O)c1C14CC5CC(C)(CC(C)(C5)C1)C4)(C3)C2. The van der Waals surface area contributed by atoms with Crippen LogP contribution in [0.15, 0.2) is 12.1 Å². The third-order valence-corrected chi connectivity index (χ3v) is 12.0. The molecule has 0 saturated heterocycles. The Morgan fingerprint density at radius 1 is 0.583 bits per heavy atom. The van der Waals surface area contributed by atoms with Crippen LogP contribution in [-0.4, -0.2) is 22.2 Å². The minimum atomic E-state index is -0.878. The fourth-order valence-corrected chi connectivity index (χ4v) is 13.5. The van der Waals surface area contributed by atoms with E-state index in [1.165, 1.54) is 38.5 Å². The van der Waals surface area contributed by atoms with Crippen LogP contribution < -0.4 is 0 Å². The van der Waals surface area contributed by atoms with Gasteiger partial charge in [0.25, 0.3) is 0 Å². The molecule has 2 N–H and O–H groups in total. The lowest BCUT2D eigenvalue weighted by molar-refractivity contribution is -0.119. The van der Waals surface area contributed by atoms with Gasteiger partial charge in [-0.1, -0.05) is 27.7 Å². The van der Waals surface area contributed by atoms with Crippen molar-refractivity contribution in [3.8, 4) is 0 Å². The summed E-state index contributed by atoms with van der Waals surface area (Å²) < 4.78 is 0. The first-order valence-corrected chi connectivity index (χ1v) is 14.3. The zero-order valence-electron chi connectivity index (χ0n) is 22.5. The molecule has 0 spiro atoms. The highest BCUT2D eigenvalue weighted by atomic mass is 16.4. The zero-order chi connectivity index (χ0) is 25.5. The van der Waals surface area contributed by atoms with Crippen LogP contribution in [0.5, 0.6) is 0 Å². The van der Waals surface area contributed by atoms with Crippen LogP contribution in [0, 0.1) is 33.5 Å². The molecule has 8 saturated carbocycles. The molecule has 8 bridgehead atoms. The molecule has 1 aromatic rings. The standard InChI is InChI=1S/C32H42O4/c1-27-7-19-8-28(2,13-27)16-31(11-19,15-27)23-21(25(33)34)5-6-22(26(35)36)24(23)32-12-20-9-29(3,17-32)14-30(4,10-20)18-32/h5-6,19-20H,7-18H2,1-4H3,(H,33,34)(H,35,36). The second-order valence-corrected chi connectivity index (χ2v) is 16.3. The maximum Gasteiger partial charge on any atom is 0.335 e. The van der Waals surface area contributed by atoms with Crippen molar-refractivity contribution in [3.05, 3.63) is 34.4 Å². The molecular formula is C32H42O4. The van der Waals surface area contributed by atoms with E-state index in [1.54, 1.807) is 12.1 Å².